The summed E-state index contributed by atoms with van der Waals surface area (Å²) in [6, 6.07) is 9.33. The number of aromatic nitrogens is 2. The maximum absolute atomic E-state index is 12.7. The SMILES string of the molecule is COc1cccn2c(C(=O)Nc3ccc(Br)c(C)c3)c(C)nc12. The Bertz CT molecular complexity index is 902. The zero-order valence-corrected chi connectivity index (χ0v) is 14.6. The highest BCUT2D eigenvalue weighted by Gasteiger charge is 2.18. The predicted octanol–water partition coefficient (Wildman–Crippen LogP) is 3.97. The van der Waals surface area contributed by atoms with Crippen LogP contribution in [0.4, 0.5) is 5.69 Å². The molecule has 3 aromatic rings. The van der Waals surface area contributed by atoms with Crippen LogP contribution in [0.5, 0.6) is 5.75 Å². The maximum atomic E-state index is 12.7. The number of hydrogen-bond acceptors (Lipinski definition) is 3. The number of methoxy groups -OCH3 is 1. The van der Waals surface area contributed by atoms with Crippen molar-refractivity contribution in [3.8, 4) is 5.75 Å². The van der Waals surface area contributed by atoms with Crippen molar-refractivity contribution in [2.75, 3.05) is 12.4 Å². The molecule has 1 amide bonds. The van der Waals surface area contributed by atoms with Gasteiger partial charge in [0.25, 0.3) is 5.91 Å². The molecule has 0 aliphatic carbocycles. The third-order valence-electron chi connectivity index (χ3n) is 3.64. The number of imidazole rings is 1. The number of halogens is 1. The largest absolute Gasteiger partial charge is 0.493 e. The van der Waals surface area contributed by atoms with Crippen LogP contribution in [0.3, 0.4) is 0 Å². The number of hydrogen-bond donors (Lipinski definition) is 1. The smallest absolute Gasteiger partial charge is 0.274 e. The lowest BCUT2D eigenvalue weighted by Gasteiger charge is -2.08. The Morgan fingerprint density at radius 2 is 2.09 bits per heavy atom. The highest BCUT2D eigenvalue weighted by Crippen LogP contribution is 2.24. The Kier molecular flexibility index (Phi) is 4.09. The molecule has 5 nitrogen and oxygen atoms in total. The van der Waals surface area contributed by atoms with Crippen molar-refractivity contribution in [2.45, 2.75) is 13.8 Å². The average Bonchev–Trinajstić information content (AvgIpc) is 2.86. The summed E-state index contributed by atoms with van der Waals surface area (Å²) in [6.07, 6.45) is 1.81. The molecule has 6 heteroatoms. The number of amides is 1. The van der Waals surface area contributed by atoms with E-state index in [0.29, 0.717) is 22.8 Å². The van der Waals surface area contributed by atoms with E-state index in [1.54, 1.807) is 17.7 Å². The summed E-state index contributed by atoms with van der Waals surface area (Å²) in [4.78, 5) is 17.1. The minimum absolute atomic E-state index is 0.204. The lowest BCUT2D eigenvalue weighted by atomic mass is 10.2. The van der Waals surface area contributed by atoms with E-state index >= 15 is 0 Å². The van der Waals surface area contributed by atoms with Crippen LogP contribution in [0.2, 0.25) is 0 Å². The minimum Gasteiger partial charge on any atom is -0.493 e. The fourth-order valence-corrected chi connectivity index (χ4v) is 2.75. The number of ether oxygens (including phenoxy) is 1. The molecule has 0 unspecified atom stereocenters. The summed E-state index contributed by atoms with van der Waals surface area (Å²) in [5.74, 6) is 0.430. The van der Waals surface area contributed by atoms with Crippen molar-refractivity contribution in [3.05, 3.63) is 58.0 Å². The molecule has 0 bridgehead atoms. The number of anilines is 1. The molecule has 2 heterocycles. The first kappa shape index (κ1) is 15.6. The first-order valence-corrected chi connectivity index (χ1v) is 7.89. The third-order valence-corrected chi connectivity index (χ3v) is 4.53. The molecule has 1 aromatic carbocycles. The summed E-state index contributed by atoms with van der Waals surface area (Å²) in [5.41, 5.74) is 3.58. The number of rotatable bonds is 3. The average molecular weight is 374 g/mol. The lowest BCUT2D eigenvalue weighted by Crippen LogP contribution is -2.15. The number of aryl methyl sites for hydroxylation is 2. The fraction of sp³-hybridized carbons (Fsp3) is 0.176. The van der Waals surface area contributed by atoms with Crippen LogP contribution in [0.1, 0.15) is 21.7 Å². The van der Waals surface area contributed by atoms with Gasteiger partial charge in [-0.1, -0.05) is 15.9 Å². The zero-order valence-electron chi connectivity index (χ0n) is 13.1. The number of nitrogens with one attached hydrogen (secondary N) is 1. The molecule has 0 aliphatic rings. The van der Waals surface area contributed by atoms with Crippen LogP contribution in [0.25, 0.3) is 5.65 Å². The summed E-state index contributed by atoms with van der Waals surface area (Å²) in [6.45, 7) is 3.79. The van der Waals surface area contributed by atoms with Crippen LogP contribution in [-0.4, -0.2) is 22.4 Å². The van der Waals surface area contributed by atoms with E-state index in [9.17, 15) is 4.79 Å². The lowest BCUT2D eigenvalue weighted by molar-refractivity contribution is 0.102. The van der Waals surface area contributed by atoms with E-state index < -0.39 is 0 Å². The maximum Gasteiger partial charge on any atom is 0.274 e. The molecule has 0 atom stereocenters. The molecule has 0 spiro atoms. The first-order valence-electron chi connectivity index (χ1n) is 7.10. The number of carbonyl (C=O) groups excluding carboxylic acids is 1. The van der Waals surface area contributed by atoms with Crippen LogP contribution in [0, 0.1) is 13.8 Å². The molecule has 0 aliphatic heterocycles. The van der Waals surface area contributed by atoms with Crippen LogP contribution >= 0.6 is 15.9 Å². The topological polar surface area (TPSA) is 55.6 Å². The van der Waals surface area contributed by atoms with E-state index in [1.165, 1.54) is 0 Å². The Hall–Kier alpha value is -2.34. The Balaban J connectivity index is 2.01. The molecule has 0 saturated carbocycles. The highest BCUT2D eigenvalue weighted by atomic mass is 79.9. The van der Waals surface area contributed by atoms with Gasteiger partial charge in [-0.05, 0) is 49.7 Å². The van der Waals surface area contributed by atoms with Gasteiger partial charge in [-0.2, -0.15) is 0 Å². The van der Waals surface area contributed by atoms with Gasteiger partial charge in [-0.25, -0.2) is 4.98 Å². The van der Waals surface area contributed by atoms with Gasteiger partial charge in [0.15, 0.2) is 11.4 Å². The molecule has 0 saturated heterocycles. The predicted molar refractivity (Wildman–Crippen MR) is 93.3 cm³/mol. The van der Waals surface area contributed by atoms with Crippen LogP contribution in [0.15, 0.2) is 41.0 Å². The quantitative estimate of drug-likeness (QED) is 0.755. The van der Waals surface area contributed by atoms with Gasteiger partial charge >= 0.3 is 0 Å². The molecular weight excluding hydrogens is 358 g/mol. The van der Waals surface area contributed by atoms with E-state index in [0.717, 1.165) is 15.7 Å². The molecule has 23 heavy (non-hydrogen) atoms. The Morgan fingerprint density at radius 1 is 1.30 bits per heavy atom. The van der Waals surface area contributed by atoms with Gasteiger partial charge in [-0.15, -0.1) is 0 Å². The van der Waals surface area contributed by atoms with Crippen LogP contribution < -0.4 is 10.1 Å². The molecular formula is C17H16BrN3O2. The highest BCUT2D eigenvalue weighted by molar-refractivity contribution is 9.10. The third kappa shape index (κ3) is 2.82. The van der Waals surface area contributed by atoms with Gasteiger partial charge in [0.2, 0.25) is 0 Å². The van der Waals surface area contributed by atoms with E-state index in [4.69, 9.17) is 4.74 Å². The second-order valence-corrected chi connectivity index (χ2v) is 6.09. The molecule has 3 rings (SSSR count). The summed E-state index contributed by atoms with van der Waals surface area (Å²) in [5, 5.41) is 2.92. The van der Waals surface area contributed by atoms with Crippen molar-refractivity contribution in [1.82, 2.24) is 9.38 Å². The Morgan fingerprint density at radius 3 is 2.78 bits per heavy atom. The van der Waals surface area contributed by atoms with E-state index in [1.807, 2.05) is 44.2 Å². The van der Waals surface area contributed by atoms with E-state index in [-0.39, 0.29) is 5.91 Å². The molecule has 118 valence electrons. The monoisotopic (exact) mass is 373 g/mol. The van der Waals surface area contributed by atoms with E-state index in [2.05, 4.69) is 26.2 Å². The van der Waals surface area contributed by atoms with Crippen molar-refractivity contribution in [2.24, 2.45) is 0 Å². The number of fused-ring (bicyclic) bond motifs is 1. The zero-order chi connectivity index (χ0) is 16.6. The number of benzene rings is 1. The second-order valence-electron chi connectivity index (χ2n) is 5.23. The number of pyridine rings is 1. The van der Waals surface area contributed by atoms with Crippen molar-refractivity contribution >= 4 is 33.2 Å². The van der Waals surface area contributed by atoms with Gasteiger partial charge in [0, 0.05) is 16.4 Å². The first-order chi connectivity index (χ1) is 11.0. The van der Waals surface area contributed by atoms with Crippen molar-refractivity contribution in [1.29, 1.82) is 0 Å². The molecule has 1 N–H and O–H groups in total. The van der Waals surface area contributed by atoms with Gasteiger partial charge in [-0.3, -0.25) is 9.20 Å². The standard InChI is InChI=1S/C17H16BrN3O2/c1-10-9-12(6-7-13(10)18)20-17(22)15-11(2)19-16-14(23-3)5-4-8-21(15)16/h4-9H,1-3H3,(H,20,22). The van der Waals surface area contributed by atoms with Crippen LogP contribution in [-0.2, 0) is 0 Å². The fourth-order valence-electron chi connectivity index (χ4n) is 2.50. The molecule has 0 radical (unpaired) electrons. The molecule has 2 aromatic heterocycles. The van der Waals surface area contributed by atoms with Gasteiger partial charge in [0.1, 0.15) is 5.69 Å². The molecule has 0 fully saturated rings. The van der Waals surface area contributed by atoms with Gasteiger partial charge in [0.05, 0.1) is 12.8 Å². The summed E-state index contributed by atoms with van der Waals surface area (Å²) >= 11 is 3.45. The summed E-state index contributed by atoms with van der Waals surface area (Å²) < 4.78 is 8.05. The van der Waals surface area contributed by atoms with Gasteiger partial charge < -0.3 is 10.1 Å². The number of carbonyl (C=O) groups is 1. The minimum atomic E-state index is -0.204. The normalized spacial score (nSPS) is 10.8. The van der Waals surface area contributed by atoms with Crippen molar-refractivity contribution in [3.63, 3.8) is 0 Å². The number of nitrogens with zero attached hydrogens (tertiary/aromatic N) is 2. The summed E-state index contributed by atoms with van der Waals surface area (Å²) in [7, 11) is 1.59. The van der Waals surface area contributed by atoms with Crippen molar-refractivity contribution < 1.29 is 9.53 Å². The Labute approximate surface area is 142 Å². The second kappa shape index (κ2) is 6.04.